The van der Waals surface area contributed by atoms with Crippen LogP contribution < -0.4 is 15.4 Å². The van der Waals surface area contributed by atoms with Crippen molar-refractivity contribution in [2.45, 2.75) is 6.18 Å². The zero-order valence-corrected chi connectivity index (χ0v) is 12.4. The maximum Gasteiger partial charge on any atom is 0.416 e. The van der Waals surface area contributed by atoms with Gasteiger partial charge in [-0.25, -0.2) is 9.18 Å². The van der Waals surface area contributed by atoms with E-state index in [0.29, 0.717) is 5.75 Å². The van der Waals surface area contributed by atoms with Crippen molar-refractivity contribution in [3.05, 3.63) is 59.9 Å². The zero-order chi connectivity index (χ0) is 17.6. The fourth-order valence-electron chi connectivity index (χ4n) is 1.78. The smallest absolute Gasteiger partial charge is 0.416 e. The number of carbonyl (C=O) groups is 1. The lowest BCUT2D eigenvalue weighted by Crippen LogP contribution is -2.32. The third kappa shape index (κ3) is 5.45. The topological polar surface area (TPSA) is 50.4 Å². The van der Waals surface area contributed by atoms with Crippen molar-refractivity contribution in [3.63, 3.8) is 0 Å². The molecule has 0 bridgehead atoms. The summed E-state index contributed by atoms with van der Waals surface area (Å²) in [7, 11) is 0. The number of amides is 2. The van der Waals surface area contributed by atoms with Gasteiger partial charge in [-0.2, -0.15) is 13.2 Å². The van der Waals surface area contributed by atoms with Crippen LogP contribution in [0, 0.1) is 5.82 Å². The Morgan fingerprint density at radius 3 is 2.21 bits per heavy atom. The molecule has 0 aliphatic heterocycles. The van der Waals surface area contributed by atoms with Gasteiger partial charge in [0.1, 0.15) is 18.2 Å². The molecule has 0 radical (unpaired) electrons. The number of benzene rings is 2. The van der Waals surface area contributed by atoms with E-state index in [4.69, 9.17) is 4.74 Å². The van der Waals surface area contributed by atoms with E-state index in [0.717, 1.165) is 24.3 Å². The second-order valence-electron chi connectivity index (χ2n) is 4.76. The Labute approximate surface area is 135 Å². The van der Waals surface area contributed by atoms with E-state index in [1.807, 2.05) is 0 Å². The maximum absolute atomic E-state index is 12.7. The normalized spacial score (nSPS) is 11.0. The summed E-state index contributed by atoms with van der Waals surface area (Å²) in [6.45, 7) is 0.329. The van der Waals surface area contributed by atoms with Gasteiger partial charge in [0.2, 0.25) is 0 Å². The predicted octanol–water partition coefficient (Wildman–Crippen LogP) is 4.05. The van der Waals surface area contributed by atoms with Crippen LogP contribution in [0.3, 0.4) is 0 Å². The summed E-state index contributed by atoms with van der Waals surface area (Å²) in [6, 6.07) is 8.93. The molecule has 2 aromatic rings. The molecule has 0 atom stereocenters. The van der Waals surface area contributed by atoms with E-state index in [1.54, 1.807) is 0 Å². The molecule has 128 valence electrons. The van der Waals surface area contributed by atoms with Crippen LogP contribution >= 0.6 is 0 Å². The van der Waals surface area contributed by atoms with Gasteiger partial charge in [0.15, 0.2) is 0 Å². The predicted molar refractivity (Wildman–Crippen MR) is 80.4 cm³/mol. The van der Waals surface area contributed by atoms with E-state index >= 15 is 0 Å². The molecule has 0 unspecified atom stereocenters. The second kappa shape index (κ2) is 7.67. The molecule has 0 aliphatic carbocycles. The van der Waals surface area contributed by atoms with Crippen LogP contribution in [0.4, 0.5) is 28.0 Å². The summed E-state index contributed by atoms with van der Waals surface area (Å²) in [5.41, 5.74) is -0.555. The minimum atomic E-state index is -4.42. The number of alkyl halides is 3. The maximum atomic E-state index is 12.7. The van der Waals surface area contributed by atoms with Crippen LogP contribution in [0.25, 0.3) is 0 Å². The molecule has 0 saturated carbocycles. The van der Waals surface area contributed by atoms with Gasteiger partial charge in [0, 0.05) is 5.69 Å². The second-order valence-corrected chi connectivity index (χ2v) is 4.76. The van der Waals surface area contributed by atoms with Gasteiger partial charge in [-0.15, -0.1) is 0 Å². The average molecular weight is 342 g/mol. The van der Waals surface area contributed by atoms with Crippen molar-refractivity contribution in [3.8, 4) is 5.75 Å². The molecule has 4 nitrogen and oxygen atoms in total. The summed E-state index contributed by atoms with van der Waals surface area (Å²) < 4.78 is 55.2. The molecular formula is C16H14F4N2O2. The van der Waals surface area contributed by atoms with Crippen molar-refractivity contribution >= 4 is 11.7 Å². The monoisotopic (exact) mass is 342 g/mol. The number of rotatable bonds is 5. The molecular weight excluding hydrogens is 328 g/mol. The van der Waals surface area contributed by atoms with Crippen molar-refractivity contribution in [1.82, 2.24) is 5.32 Å². The Morgan fingerprint density at radius 1 is 1.00 bits per heavy atom. The Hall–Kier alpha value is -2.77. The van der Waals surface area contributed by atoms with E-state index in [1.165, 1.54) is 24.3 Å². The zero-order valence-electron chi connectivity index (χ0n) is 12.4. The van der Waals surface area contributed by atoms with Crippen LogP contribution in [0.2, 0.25) is 0 Å². The van der Waals surface area contributed by atoms with Crippen LogP contribution in [0.15, 0.2) is 48.5 Å². The van der Waals surface area contributed by atoms with E-state index in [9.17, 15) is 22.4 Å². The average Bonchev–Trinajstić information content (AvgIpc) is 2.53. The summed E-state index contributed by atoms with van der Waals surface area (Å²) >= 11 is 0. The molecule has 0 spiro atoms. The summed E-state index contributed by atoms with van der Waals surface area (Å²) in [5.74, 6) is 0.0812. The van der Waals surface area contributed by atoms with Crippen LogP contribution in [0.1, 0.15) is 5.56 Å². The minimum Gasteiger partial charge on any atom is -0.492 e. The van der Waals surface area contributed by atoms with Gasteiger partial charge in [0.25, 0.3) is 0 Å². The standard InChI is InChI=1S/C16H14F4N2O2/c17-12-3-7-14(8-4-12)24-10-9-21-15(23)22-13-5-1-11(2-6-13)16(18,19)20/h1-8H,9-10H2,(H2,21,22,23). The van der Waals surface area contributed by atoms with E-state index in [2.05, 4.69) is 10.6 Å². The number of anilines is 1. The van der Waals surface area contributed by atoms with Crippen molar-refractivity contribution < 1.29 is 27.1 Å². The first-order valence-electron chi connectivity index (χ1n) is 6.95. The lowest BCUT2D eigenvalue weighted by atomic mass is 10.2. The lowest BCUT2D eigenvalue weighted by molar-refractivity contribution is -0.137. The van der Waals surface area contributed by atoms with Gasteiger partial charge in [-0.3, -0.25) is 0 Å². The van der Waals surface area contributed by atoms with Crippen LogP contribution in [0.5, 0.6) is 5.75 Å². The van der Waals surface area contributed by atoms with E-state index < -0.39 is 17.8 Å². The summed E-state index contributed by atoms with van der Waals surface area (Å²) in [6.07, 6.45) is -4.42. The number of urea groups is 1. The molecule has 2 amide bonds. The highest BCUT2D eigenvalue weighted by Gasteiger charge is 2.29. The Bertz CT molecular complexity index is 670. The molecule has 24 heavy (non-hydrogen) atoms. The van der Waals surface area contributed by atoms with Gasteiger partial charge in [-0.05, 0) is 48.5 Å². The number of ether oxygens (including phenoxy) is 1. The Morgan fingerprint density at radius 2 is 1.62 bits per heavy atom. The molecule has 0 heterocycles. The van der Waals surface area contributed by atoms with Gasteiger partial charge >= 0.3 is 12.2 Å². The fourth-order valence-corrected chi connectivity index (χ4v) is 1.78. The molecule has 0 aliphatic rings. The minimum absolute atomic E-state index is 0.159. The summed E-state index contributed by atoms with van der Waals surface area (Å²) in [4.78, 5) is 11.6. The molecule has 0 saturated heterocycles. The van der Waals surface area contributed by atoms with Crippen LogP contribution in [-0.2, 0) is 6.18 Å². The number of halogens is 4. The van der Waals surface area contributed by atoms with Gasteiger partial charge in [-0.1, -0.05) is 0 Å². The molecule has 0 fully saturated rings. The van der Waals surface area contributed by atoms with Gasteiger partial charge < -0.3 is 15.4 Å². The quantitative estimate of drug-likeness (QED) is 0.636. The third-order valence-electron chi connectivity index (χ3n) is 2.94. The van der Waals surface area contributed by atoms with Crippen LogP contribution in [-0.4, -0.2) is 19.2 Å². The first-order chi connectivity index (χ1) is 11.3. The molecule has 0 aromatic heterocycles. The first kappa shape index (κ1) is 17.6. The molecule has 2 aromatic carbocycles. The fraction of sp³-hybridized carbons (Fsp3) is 0.188. The molecule has 8 heteroatoms. The number of hydrogen-bond donors (Lipinski definition) is 2. The van der Waals surface area contributed by atoms with Crippen molar-refractivity contribution in [1.29, 1.82) is 0 Å². The highest BCUT2D eigenvalue weighted by molar-refractivity contribution is 5.89. The highest BCUT2D eigenvalue weighted by atomic mass is 19.4. The highest BCUT2D eigenvalue weighted by Crippen LogP contribution is 2.29. The molecule has 2 N–H and O–H groups in total. The van der Waals surface area contributed by atoms with Gasteiger partial charge in [0.05, 0.1) is 12.1 Å². The number of carbonyl (C=O) groups excluding carboxylic acids is 1. The first-order valence-corrected chi connectivity index (χ1v) is 6.95. The lowest BCUT2D eigenvalue weighted by Gasteiger charge is -2.10. The number of nitrogens with one attached hydrogen (secondary N) is 2. The number of hydrogen-bond acceptors (Lipinski definition) is 2. The third-order valence-corrected chi connectivity index (χ3v) is 2.94. The SMILES string of the molecule is O=C(NCCOc1ccc(F)cc1)Nc1ccc(C(F)(F)F)cc1. The largest absolute Gasteiger partial charge is 0.492 e. The Kier molecular flexibility index (Phi) is 5.62. The van der Waals surface area contributed by atoms with E-state index in [-0.39, 0.29) is 24.7 Å². The van der Waals surface area contributed by atoms with Crippen molar-refractivity contribution in [2.75, 3.05) is 18.5 Å². The van der Waals surface area contributed by atoms with Crippen molar-refractivity contribution in [2.24, 2.45) is 0 Å². The molecule has 2 rings (SSSR count). The Balaban J connectivity index is 1.72. The summed E-state index contributed by atoms with van der Waals surface area (Å²) in [5, 5.41) is 4.89.